The van der Waals surface area contributed by atoms with Gasteiger partial charge in [-0.1, -0.05) is 0 Å². The quantitative estimate of drug-likeness (QED) is 0.809. The molecular weight excluding hydrogens is 247 g/mol. The number of piperidine rings is 1. The third-order valence-electron chi connectivity index (χ3n) is 3.45. The number of likely N-dealkylation sites (tertiary alicyclic amines) is 1. The van der Waals surface area contributed by atoms with Crippen molar-refractivity contribution in [1.29, 1.82) is 0 Å². The van der Waals surface area contributed by atoms with Crippen LogP contribution in [-0.2, 0) is 0 Å². The van der Waals surface area contributed by atoms with Crippen molar-refractivity contribution in [2.45, 2.75) is 45.2 Å². The molecule has 1 aliphatic rings. The summed E-state index contributed by atoms with van der Waals surface area (Å²) in [6, 6.07) is 3.04. The van der Waals surface area contributed by atoms with Gasteiger partial charge in [0.25, 0.3) is 0 Å². The first kappa shape index (κ1) is 13.6. The predicted octanol–water partition coefficient (Wildman–Crippen LogP) is 2.52. The zero-order valence-corrected chi connectivity index (χ0v) is 11.2. The molecule has 2 heterocycles. The standard InChI is InChI=1S/C13H19FN4O/c1-9-4-3-5-10(2)18(9)13(19)17-16-12-7-6-11(14)8-15-12/h6-10H,3-5H2,1-2H3,(H,15,16)(H,17,19)/t9-,10+. The van der Waals surface area contributed by atoms with Crippen LogP contribution in [0.4, 0.5) is 15.0 Å². The number of aromatic nitrogens is 1. The Balaban J connectivity index is 1.91. The maximum atomic E-state index is 12.7. The van der Waals surface area contributed by atoms with Crippen LogP contribution >= 0.6 is 0 Å². The van der Waals surface area contributed by atoms with Crippen molar-refractivity contribution in [3.8, 4) is 0 Å². The summed E-state index contributed by atoms with van der Waals surface area (Å²) < 4.78 is 12.7. The Labute approximate surface area is 112 Å². The highest BCUT2D eigenvalue weighted by molar-refractivity contribution is 5.76. The molecule has 0 aromatic carbocycles. The number of carbonyl (C=O) groups excluding carboxylic acids is 1. The summed E-state index contributed by atoms with van der Waals surface area (Å²) in [7, 11) is 0. The summed E-state index contributed by atoms with van der Waals surface area (Å²) >= 11 is 0. The van der Waals surface area contributed by atoms with Gasteiger partial charge in [0.1, 0.15) is 11.6 Å². The number of nitrogens with zero attached hydrogens (tertiary/aromatic N) is 2. The fourth-order valence-corrected chi connectivity index (χ4v) is 2.45. The SMILES string of the molecule is C[C@@H]1CCC[C@H](C)N1C(=O)NNc1ccc(F)cn1. The van der Waals surface area contributed by atoms with Crippen LogP contribution in [0.25, 0.3) is 0 Å². The van der Waals surface area contributed by atoms with Gasteiger partial charge in [0.05, 0.1) is 6.20 Å². The number of halogens is 1. The number of hydrogen-bond donors (Lipinski definition) is 2. The average Bonchev–Trinajstić information content (AvgIpc) is 2.38. The van der Waals surface area contributed by atoms with Crippen LogP contribution in [0, 0.1) is 5.82 Å². The molecule has 2 rings (SSSR count). The Hall–Kier alpha value is -1.85. The Morgan fingerprint density at radius 1 is 1.37 bits per heavy atom. The molecule has 104 valence electrons. The first-order valence-electron chi connectivity index (χ1n) is 6.54. The van der Waals surface area contributed by atoms with Gasteiger partial charge in [-0.15, -0.1) is 0 Å². The lowest BCUT2D eigenvalue weighted by atomic mass is 9.98. The van der Waals surface area contributed by atoms with Gasteiger partial charge in [0, 0.05) is 12.1 Å². The first-order chi connectivity index (χ1) is 9.08. The van der Waals surface area contributed by atoms with Gasteiger partial charge < -0.3 is 4.90 Å². The molecule has 1 fully saturated rings. The van der Waals surface area contributed by atoms with E-state index in [1.165, 1.54) is 12.1 Å². The zero-order valence-electron chi connectivity index (χ0n) is 11.2. The van der Waals surface area contributed by atoms with Gasteiger partial charge in [-0.2, -0.15) is 0 Å². The number of anilines is 1. The van der Waals surface area contributed by atoms with Crippen molar-refractivity contribution >= 4 is 11.8 Å². The molecule has 0 aliphatic carbocycles. The van der Waals surface area contributed by atoms with E-state index in [4.69, 9.17) is 0 Å². The summed E-state index contributed by atoms with van der Waals surface area (Å²) in [4.78, 5) is 17.8. The number of hydrazine groups is 1. The molecule has 0 spiro atoms. The molecule has 19 heavy (non-hydrogen) atoms. The largest absolute Gasteiger partial charge is 0.336 e. The highest BCUT2D eigenvalue weighted by Gasteiger charge is 2.28. The summed E-state index contributed by atoms with van der Waals surface area (Å²) in [5.74, 6) is 0.00205. The van der Waals surface area contributed by atoms with Crippen molar-refractivity contribution in [2.75, 3.05) is 5.43 Å². The third kappa shape index (κ3) is 3.33. The second-order valence-corrected chi connectivity index (χ2v) is 4.95. The molecule has 5 nitrogen and oxygen atoms in total. The highest BCUT2D eigenvalue weighted by atomic mass is 19.1. The fraction of sp³-hybridized carbons (Fsp3) is 0.538. The lowest BCUT2D eigenvalue weighted by molar-refractivity contribution is 0.124. The molecule has 1 aromatic heterocycles. The Bertz CT molecular complexity index is 427. The van der Waals surface area contributed by atoms with Crippen molar-refractivity contribution < 1.29 is 9.18 Å². The number of hydrogen-bond acceptors (Lipinski definition) is 3. The number of urea groups is 1. The van der Waals surface area contributed by atoms with E-state index in [1.807, 2.05) is 18.7 Å². The maximum absolute atomic E-state index is 12.7. The minimum atomic E-state index is -0.407. The smallest absolute Gasteiger partial charge is 0.318 e. The van der Waals surface area contributed by atoms with Gasteiger partial charge in [-0.3, -0.25) is 10.9 Å². The Kier molecular flexibility index (Phi) is 4.19. The van der Waals surface area contributed by atoms with E-state index in [9.17, 15) is 9.18 Å². The van der Waals surface area contributed by atoms with E-state index in [0.717, 1.165) is 25.5 Å². The summed E-state index contributed by atoms with van der Waals surface area (Å²) in [5.41, 5.74) is 5.29. The number of amides is 2. The molecule has 2 amide bonds. The summed E-state index contributed by atoms with van der Waals surface area (Å²) in [6.07, 6.45) is 4.29. The Morgan fingerprint density at radius 3 is 2.63 bits per heavy atom. The fourth-order valence-electron chi connectivity index (χ4n) is 2.45. The molecule has 2 N–H and O–H groups in total. The molecule has 1 aromatic rings. The minimum absolute atomic E-state index is 0.175. The van der Waals surface area contributed by atoms with Crippen molar-refractivity contribution in [3.05, 3.63) is 24.1 Å². The molecule has 0 unspecified atom stereocenters. The normalized spacial score (nSPS) is 23.0. The van der Waals surface area contributed by atoms with Crippen LogP contribution in [0.15, 0.2) is 18.3 Å². The second-order valence-electron chi connectivity index (χ2n) is 4.95. The number of carbonyl (C=O) groups is 1. The van der Waals surface area contributed by atoms with Crippen LogP contribution in [0.2, 0.25) is 0 Å². The first-order valence-corrected chi connectivity index (χ1v) is 6.54. The van der Waals surface area contributed by atoms with E-state index in [1.54, 1.807) is 0 Å². The van der Waals surface area contributed by atoms with E-state index >= 15 is 0 Å². The molecule has 6 heteroatoms. The van der Waals surface area contributed by atoms with Gasteiger partial charge >= 0.3 is 6.03 Å². The van der Waals surface area contributed by atoms with Crippen molar-refractivity contribution in [2.24, 2.45) is 0 Å². The second kappa shape index (κ2) is 5.86. The topological polar surface area (TPSA) is 57.3 Å². The van der Waals surface area contributed by atoms with Gasteiger partial charge in [-0.25, -0.2) is 14.2 Å². The molecule has 1 aliphatic heterocycles. The van der Waals surface area contributed by atoms with E-state index < -0.39 is 5.82 Å². The zero-order chi connectivity index (χ0) is 13.8. The van der Waals surface area contributed by atoms with E-state index in [-0.39, 0.29) is 18.1 Å². The van der Waals surface area contributed by atoms with Crippen molar-refractivity contribution in [1.82, 2.24) is 15.3 Å². The number of nitrogens with one attached hydrogen (secondary N) is 2. The van der Waals surface area contributed by atoms with Crippen LogP contribution < -0.4 is 10.9 Å². The summed E-state index contributed by atoms with van der Waals surface area (Å²) in [5, 5.41) is 0. The monoisotopic (exact) mass is 266 g/mol. The van der Waals surface area contributed by atoms with Gasteiger partial charge in [-0.05, 0) is 45.2 Å². The highest BCUT2D eigenvalue weighted by Crippen LogP contribution is 2.22. The van der Waals surface area contributed by atoms with Gasteiger partial charge in [0.2, 0.25) is 0 Å². The van der Waals surface area contributed by atoms with E-state index in [0.29, 0.717) is 5.82 Å². The third-order valence-corrected chi connectivity index (χ3v) is 3.45. The number of rotatable bonds is 2. The molecule has 0 radical (unpaired) electrons. The van der Waals surface area contributed by atoms with Gasteiger partial charge in [0.15, 0.2) is 0 Å². The lowest BCUT2D eigenvalue weighted by Crippen LogP contribution is -2.53. The molecule has 0 bridgehead atoms. The molecule has 0 saturated carbocycles. The maximum Gasteiger partial charge on any atom is 0.336 e. The summed E-state index contributed by atoms with van der Waals surface area (Å²) in [6.45, 7) is 4.09. The molecule has 2 atom stereocenters. The van der Waals surface area contributed by atoms with Crippen LogP contribution in [0.1, 0.15) is 33.1 Å². The minimum Gasteiger partial charge on any atom is -0.318 e. The van der Waals surface area contributed by atoms with Crippen molar-refractivity contribution in [3.63, 3.8) is 0 Å². The predicted molar refractivity (Wildman–Crippen MR) is 71.0 cm³/mol. The lowest BCUT2D eigenvalue weighted by Gasteiger charge is -2.38. The Morgan fingerprint density at radius 2 is 2.05 bits per heavy atom. The molecular formula is C13H19FN4O. The van der Waals surface area contributed by atoms with Crippen LogP contribution in [0.5, 0.6) is 0 Å². The molecule has 1 saturated heterocycles. The van der Waals surface area contributed by atoms with Crippen LogP contribution in [0.3, 0.4) is 0 Å². The van der Waals surface area contributed by atoms with E-state index in [2.05, 4.69) is 15.8 Å². The van der Waals surface area contributed by atoms with Crippen LogP contribution in [-0.4, -0.2) is 28.0 Å². The average molecular weight is 266 g/mol. The number of pyridine rings is 1.